The van der Waals surface area contributed by atoms with E-state index in [2.05, 4.69) is 4.98 Å². The number of hydrogen-bond acceptors (Lipinski definition) is 6. The molecule has 0 radical (unpaired) electrons. The van der Waals surface area contributed by atoms with Crippen molar-refractivity contribution < 1.29 is 18.7 Å². The van der Waals surface area contributed by atoms with Crippen LogP contribution in [0.4, 0.5) is 4.39 Å². The van der Waals surface area contributed by atoms with Gasteiger partial charge in [0.1, 0.15) is 10.6 Å². The Balaban J connectivity index is 1.31. The number of aryl methyl sites for hydroxylation is 1. The first-order chi connectivity index (χ1) is 14.6. The molecule has 0 spiro atoms. The highest BCUT2D eigenvalue weighted by atomic mass is 32.1. The van der Waals surface area contributed by atoms with E-state index in [9.17, 15) is 9.18 Å². The molecule has 1 amide bonds. The fourth-order valence-electron chi connectivity index (χ4n) is 5.35. The number of hydrogen-bond donors (Lipinski definition) is 1. The topological polar surface area (TPSA) is 77.7 Å². The summed E-state index contributed by atoms with van der Waals surface area (Å²) in [7, 11) is 0. The van der Waals surface area contributed by atoms with Crippen molar-refractivity contribution in [2.24, 2.45) is 5.73 Å². The van der Waals surface area contributed by atoms with Crippen molar-refractivity contribution in [3.8, 4) is 5.75 Å². The van der Waals surface area contributed by atoms with E-state index in [-0.39, 0.29) is 30.6 Å². The lowest BCUT2D eigenvalue weighted by Crippen LogP contribution is -2.50. The van der Waals surface area contributed by atoms with Crippen LogP contribution in [0.25, 0.3) is 10.2 Å². The number of alkyl halides is 1. The third-order valence-electron chi connectivity index (χ3n) is 6.76. The van der Waals surface area contributed by atoms with Crippen molar-refractivity contribution in [1.29, 1.82) is 0 Å². The van der Waals surface area contributed by atoms with E-state index < -0.39 is 6.30 Å². The fraction of sp³-hybridized carbons (Fsp3) is 0.636. The fourth-order valence-corrected chi connectivity index (χ4v) is 6.60. The van der Waals surface area contributed by atoms with Crippen LogP contribution in [0, 0.1) is 0 Å². The monoisotopic (exact) mass is 433 g/mol. The van der Waals surface area contributed by atoms with E-state index in [1.807, 2.05) is 11.0 Å². The van der Waals surface area contributed by atoms with Crippen molar-refractivity contribution in [1.82, 2.24) is 9.88 Å². The van der Waals surface area contributed by atoms with Gasteiger partial charge in [-0.15, -0.1) is 11.3 Å². The van der Waals surface area contributed by atoms with Crippen molar-refractivity contribution >= 4 is 27.5 Å². The molecule has 5 rings (SSSR count). The highest BCUT2D eigenvalue weighted by Crippen LogP contribution is 2.48. The minimum absolute atomic E-state index is 0.123. The normalized spacial score (nSPS) is 29.8. The maximum atomic E-state index is 14.2. The van der Waals surface area contributed by atoms with Crippen molar-refractivity contribution in [3.05, 3.63) is 22.7 Å². The molecule has 3 aliphatic rings. The van der Waals surface area contributed by atoms with Crippen LogP contribution < -0.4 is 10.5 Å². The zero-order chi connectivity index (χ0) is 20.7. The Hall–Kier alpha value is -1.77. The molecular weight excluding hydrogens is 405 g/mol. The van der Waals surface area contributed by atoms with E-state index in [1.165, 1.54) is 10.4 Å². The molecule has 0 unspecified atom stereocenters. The Morgan fingerprint density at radius 1 is 1.33 bits per heavy atom. The van der Waals surface area contributed by atoms with E-state index in [0.29, 0.717) is 19.6 Å². The van der Waals surface area contributed by atoms with Crippen molar-refractivity contribution in [2.45, 2.75) is 69.3 Å². The van der Waals surface area contributed by atoms with Crippen LogP contribution >= 0.6 is 11.3 Å². The van der Waals surface area contributed by atoms with Gasteiger partial charge in [-0.25, -0.2) is 9.37 Å². The van der Waals surface area contributed by atoms with Gasteiger partial charge in [-0.3, -0.25) is 9.69 Å². The number of morpholine rings is 1. The molecule has 2 fully saturated rings. The van der Waals surface area contributed by atoms with E-state index in [4.69, 9.17) is 15.2 Å². The average Bonchev–Trinajstić information content (AvgIpc) is 3.29. The summed E-state index contributed by atoms with van der Waals surface area (Å²) in [6.45, 7) is 1.47. The maximum absolute atomic E-state index is 14.2. The molecule has 1 aliphatic heterocycles. The number of carbonyl (C=O) groups is 1. The number of nitrogens with two attached hydrogens (primary N) is 1. The Bertz CT molecular complexity index is 928. The number of pyridine rings is 1. The molecule has 0 bridgehead atoms. The van der Waals surface area contributed by atoms with Gasteiger partial charge in [0.15, 0.2) is 6.30 Å². The van der Waals surface area contributed by atoms with Crippen LogP contribution in [-0.4, -0.2) is 54.0 Å². The zero-order valence-electron chi connectivity index (χ0n) is 17.0. The number of carbonyl (C=O) groups excluding carboxylic acids is 1. The van der Waals surface area contributed by atoms with Gasteiger partial charge in [0.05, 0.1) is 24.7 Å². The lowest BCUT2D eigenvalue weighted by molar-refractivity contribution is -0.118. The second-order valence-corrected chi connectivity index (χ2v) is 9.71. The number of aromatic nitrogens is 1. The predicted octanol–water partition coefficient (Wildman–Crippen LogP) is 3.52. The van der Waals surface area contributed by atoms with Gasteiger partial charge in [0.25, 0.3) is 0 Å². The van der Waals surface area contributed by atoms with Gasteiger partial charge in [-0.05, 0) is 56.1 Å². The first-order valence-electron chi connectivity index (χ1n) is 10.9. The van der Waals surface area contributed by atoms with Gasteiger partial charge in [-0.1, -0.05) is 0 Å². The number of thiophene rings is 1. The zero-order valence-corrected chi connectivity index (χ0v) is 17.8. The molecule has 30 heavy (non-hydrogen) atoms. The number of amides is 1. The average molecular weight is 434 g/mol. The summed E-state index contributed by atoms with van der Waals surface area (Å²) in [4.78, 5) is 20.4. The second-order valence-electron chi connectivity index (χ2n) is 8.63. The number of fused-ring (bicyclic) bond motifs is 3. The Kier molecular flexibility index (Phi) is 5.64. The van der Waals surface area contributed by atoms with Crippen LogP contribution in [0.2, 0.25) is 0 Å². The predicted molar refractivity (Wildman–Crippen MR) is 114 cm³/mol. The third kappa shape index (κ3) is 3.81. The summed E-state index contributed by atoms with van der Waals surface area (Å²) in [5.41, 5.74) is 6.71. The highest BCUT2D eigenvalue weighted by molar-refractivity contribution is 7.19. The lowest BCUT2D eigenvalue weighted by Gasteiger charge is -2.40. The van der Waals surface area contributed by atoms with Crippen LogP contribution in [-0.2, 0) is 16.0 Å². The smallest absolute Gasteiger partial charge is 0.218 e. The number of nitrogens with zero attached hydrogens (tertiary/aromatic N) is 2. The van der Waals surface area contributed by atoms with Gasteiger partial charge in [-0.2, -0.15) is 0 Å². The maximum Gasteiger partial charge on any atom is 0.218 e. The van der Waals surface area contributed by atoms with E-state index in [1.54, 1.807) is 17.5 Å². The summed E-state index contributed by atoms with van der Waals surface area (Å²) in [5, 5.41) is 1.07. The van der Waals surface area contributed by atoms with Gasteiger partial charge in [0.2, 0.25) is 5.91 Å². The van der Waals surface area contributed by atoms with Crippen molar-refractivity contribution in [2.75, 3.05) is 19.8 Å². The molecule has 2 atom stereocenters. The molecule has 8 heteroatoms. The summed E-state index contributed by atoms with van der Waals surface area (Å²) in [6.07, 6.45) is 6.95. The molecule has 1 saturated heterocycles. The summed E-state index contributed by atoms with van der Waals surface area (Å²) in [5.74, 6) is 0.773. The summed E-state index contributed by atoms with van der Waals surface area (Å²) >= 11 is 1.71. The number of halogens is 1. The number of rotatable bonds is 5. The van der Waals surface area contributed by atoms with Gasteiger partial charge in [0, 0.05) is 30.1 Å². The standard InChI is InChI=1S/C22H28FN3O3S/c23-18-12-28-10-9-26(18)14-2-4-15(5-3-14)29-16-7-8-25-22-21(16)20-13(11-19(24)27)1-6-17(20)30-22/h7-8,13-15,18H,1-6,9-12H2,(H2,24,27)/t13-,14-,15-,18+/m1/s1. The highest BCUT2D eigenvalue weighted by Gasteiger charge is 2.34. The molecule has 2 aromatic rings. The molecule has 0 aromatic carbocycles. The molecule has 2 aliphatic carbocycles. The molecule has 2 aromatic heterocycles. The molecular formula is C22H28FN3O3S. The lowest BCUT2D eigenvalue weighted by atomic mass is 9.91. The van der Waals surface area contributed by atoms with Crippen LogP contribution in [0.3, 0.4) is 0 Å². The molecule has 1 saturated carbocycles. The Labute approximate surface area is 179 Å². The quantitative estimate of drug-likeness (QED) is 0.730. The number of ether oxygens (including phenoxy) is 2. The van der Waals surface area contributed by atoms with E-state index >= 15 is 0 Å². The summed E-state index contributed by atoms with van der Waals surface area (Å²) in [6, 6.07) is 2.22. The molecule has 2 N–H and O–H groups in total. The first kappa shape index (κ1) is 20.2. The summed E-state index contributed by atoms with van der Waals surface area (Å²) < 4.78 is 25.9. The van der Waals surface area contributed by atoms with Crippen LogP contribution in [0.1, 0.15) is 54.9 Å². The van der Waals surface area contributed by atoms with E-state index in [0.717, 1.165) is 54.5 Å². The minimum Gasteiger partial charge on any atom is -0.490 e. The largest absolute Gasteiger partial charge is 0.490 e. The number of primary amides is 1. The Morgan fingerprint density at radius 3 is 2.93 bits per heavy atom. The van der Waals surface area contributed by atoms with Gasteiger partial charge >= 0.3 is 0 Å². The minimum atomic E-state index is -0.989. The van der Waals surface area contributed by atoms with Gasteiger partial charge < -0.3 is 15.2 Å². The molecule has 162 valence electrons. The van der Waals surface area contributed by atoms with Crippen LogP contribution in [0.5, 0.6) is 5.75 Å². The molecule has 6 nitrogen and oxygen atoms in total. The first-order valence-corrected chi connectivity index (χ1v) is 11.7. The third-order valence-corrected chi connectivity index (χ3v) is 7.93. The van der Waals surface area contributed by atoms with Crippen molar-refractivity contribution in [3.63, 3.8) is 0 Å². The van der Waals surface area contributed by atoms with Crippen LogP contribution in [0.15, 0.2) is 12.3 Å². The molecule has 3 heterocycles. The SMILES string of the molecule is NC(=O)C[C@H]1CCc2sc3nccc(O[C@H]4CC[C@H](N5CCOC[C@H]5F)CC4)c3c21. The Morgan fingerprint density at radius 2 is 2.17 bits per heavy atom. The second kappa shape index (κ2) is 8.40.